The molecule has 0 radical (unpaired) electrons. The molecule has 0 saturated heterocycles. The van der Waals surface area contributed by atoms with Gasteiger partial charge in [-0.2, -0.15) is 11.8 Å². The van der Waals surface area contributed by atoms with Crippen LogP contribution in [0.1, 0.15) is 27.2 Å². The molecule has 1 atom stereocenters. The minimum atomic E-state index is -0.377. The number of rotatable bonds is 11. The molecule has 0 bridgehead atoms. The van der Waals surface area contributed by atoms with Gasteiger partial charge in [0.15, 0.2) is 0 Å². The van der Waals surface area contributed by atoms with Gasteiger partial charge in [-0.1, -0.05) is 20.8 Å². The van der Waals surface area contributed by atoms with Crippen molar-refractivity contribution in [1.82, 2.24) is 5.32 Å². The fourth-order valence-electron chi connectivity index (χ4n) is 1.21. The van der Waals surface area contributed by atoms with Crippen LogP contribution < -0.4 is 5.32 Å². The minimum Gasteiger partial charge on any atom is -0.389 e. The quantitative estimate of drug-likeness (QED) is 0.548. The smallest absolute Gasteiger partial charge is 0.0897 e. The third-order valence-electron chi connectivity index (χ3n) is 1.99. The molecule has 0 aromatic carbocycles. The van der Waals surface area contributed by atoms with Gasteiger partial charge in [-0.25, -0.2) is 0 Å². The molecule has 3 nitrogen and oxygen atoms in total. The van der Waals surface area contributed by atoms with Crippen LogP contribution in [0.2, 0.25) is 0 Å². The van der Waals surface area contributed by atoms with Gasteiger partial charge in [0.2, 0.25) is 0 Å². The number of thioether (sulfide) groups is 1. The summed E-state index contributed by atoms with van der Waals surface area (Å²) in [5.41, 5.74) is 0. The molecule has 2 N–H and O–H groups in total. The van der Waals surface area contributed by atoms with Crippen LogP contribution in [0.4, 0.5) is 0 Å². The predicted octanol–water partition coefficient (Wildman–Crippen LogP) is 1.75. The molecule has 0 aliphatic rings. The molecule has 0 spiro atoms. The van der Waals surface area contributed by atoms with Crippen molar-refractivity contribution in [3.05, 3.63) is 0 Å². The van der Waals surface area contributed by atoms with Gasteiger partial charge in [-0.05, 0) is 30.4 Å². The Balaban J connectivity index is 3.14. The first-order valence-electron chi connectivity index (χ1n) is 6.21. The van der Waals surface area contributed by atoms with E-state index in [-0.39, 0.29) is 6.10 Å². The molecular formula is C12H27NO2S. The van der Waals surface area contributed by atoms with E-state index in [4.69, 9.17) is 4.74 Å². The van der Waals surface area contributed by atoms with Crippen molar-refractivity contribution in [2.75, 3.05) is 37.8 Å². The molecule has 16 heavy (non-hydrogen) atoms. The Bertz CT molecular complexity index is 145. The highest BCUT2D eigenvalue weighted by Crippen LogP contribution is 1.99. The van der Waals surface area contributed by atoms with Crippen molar-refractivity contribution in [2.24, 2.45) is 5.92 Å². The highest BCUT2D eigenvalue weighted by Gasteiger charge is 2.03. The maximum absolute atomic E-state index is 9.57. The maximum atomic E-state index is 9.57. The summed E-state index contributed by atoms with van der Waals surface area (Å²) in [5.74, 6) is 2.92. The summed E-state index contributed by atoms with van der Waals surface area (Å²) in [5, 5.41) is 12.8. The van der Waals surface area contributed by atoms with Gasteiger partial charge in [0.1, 0.15) is 0 Å². The normalized spacial score (nSPS) is 13.3. The highest BCUT2D eigenvalue weighted by molar-refractivity contribution is 7.99. The van der Waals surface area contributed by atoms with Crippen LogP contribution in [0.5, 0.6) is 0 Å². The van der Waals surface area contributed by atoms with Crippen LogP contribution >= 0.6 is 11.8 Å². The average Bonchev–Trinajstić information content (AvgIpc) is 2.22. The summed E-state index contributed by atoms with van der Waals surface area (Å²) in [6, 6.07) is 0. The number of nitrogens with one attached hydrogen (secondary N) is 1. The summed E-state index contributed by atoms with van der Waals surface area (Å²) in [6.45, 7) is 9.17. The Morgan fingerprint density at radius 3 is 2.69 bits per heavy atom. The Kier molecular flexibility index (Phi) is 11.9. The first-order chi connectivity index (χ1) is 7.66. The zero-order chi connectivity index (χ0) is 12.2. The zero-order valence-corrected chi connectivity index (χ0v) is 11.7. The van der Waals surface area contributed by atoms with Crippen LogP contribution in [-0.2, 0) is 4.74 Å². The lowest BCUT2D eigenvalue weighted by Crippen LogP contribution is -2.31. The van der Waals surface area contributed by atoms with Crippen molar-refractivity contribution in [3.63, 3.8) is 0 Å². The summed E-state index contributed by atoms with van der Waals surface area (Å²) in [6.07, 6.45) is 0.788. The van der Waals surface area contributed by atoms with E-state index in [0.29, 0.717) is 19.1 Å². The van der Waals surface area contributed by atoms with Gasteiger partial charge in [-0.15, -0.1) is 0 Å². The van der Waals surface area contributed by atoms with Gasteiger partial charge in [-0.3, -0.25) is 0 Å². The van der Waals surface area contributed by atoms with Crippen molar-refractivity contribution in [3.8, 4) is 0 Å². The molecule has 0 heterocycles. The Morgan fingerprint density at radius 2 is 2.06 bits per heavy atom. The topological polar surface area (TPSA) is 41.5 Å². The van der Waals surface area contributed by atoms with E-state index >= 15 is 0 Å². The standard InChI is InChI=1S/C12H27NO2S/c1-4-16-7-5-6-13-8-12(14)10-15-9-11(2)3/h11-14H,4-10H2,1-3H3. The van der Waals surface area contributed by atoms with Gasteiger partial charge >= 0.3 is 0 Å². The van der Waals surface area contributed by atoms with E-state index in [2.05, 4.69) is 26.1 Å². The Morgan fingerprint density at radius 1 is 1.31 bits per heavy atom. The van der Waals surface area contributed by atoms with Crippen LogP contribution in [0, 0.1) is 5.92 Å². The minimum absolute atomic E-state index is 0.377. The molecule has 98 valence electrons. The molecule has 0 fully saturated rings. The van der Waals surface area contributed by atoms with Gasteiger partial charge in [0, 0.05) is 13.2 Å². The number of hydrogen-bond acceptors (Lipinski definition) is 4. The molecule has 0 aromatic heterocycles. The second-order valence-corrected chi connectivity index (χ2v) is 5.73. The highest BCUT2D eigenvalue weighted by atomic mass is 32.2. The summed E-state index contributed by atoms with van der Waals surface area (Å²) < 4.78 is 5.36. The first kappa shape index (κ1) is 16.2. The average molecular weight is 249 g/mol. The van der Waals surface area contributed by atoms with Crippen molar-refractivity contribution in [1.29, 1.82) is 0 Å². The van der Waals surface area contributed by atoms with E-state index in [9.17, 15) is 5.11 Å². The lowest BCUT2D eigenvalue weighted by atomic mass is 10.2. The van der Waals surface area contributed by atoms with Crippen molar-refractivity contribution in [2.45, 2.75) is 33.3 Å². The van der Waals surface area contributed by atoms with Crippen molar-refractivity contribution >= 4 is 11.8 Å². The summed E-state index contributed by atoms with van der Waals surface area (Å²) in [7, 11) is 0. The third-order valence-corrected chi connectivity index (χ3v) is 2.97. The van der Waals surface area contributed by atoms with E-state index in [1.165, 1.54) is 11.5 Å². The van der Waals surface area contributed by atoms with Gasteiger partial charge in [0.25, 0.3) is 0 Å². The van der Waals surface area contributed by atoms with Crippen molar-refractivity contribution < 1.29 is 9.84 Å². The lowest BCUT2D eigenvalue weighted by molar-refractivity contribution is 0.0263. The second-order valence-electron chi connectivity index (χ2n) is 4.34. The largest absolute Gasteiger partial charge is 0.389 e. The van der Waals surface area contributed by atoms with E-state index in [1.54, 1.807) is 0 Å². The van der Waals surface area contributed by atoms with Crippen LogP contribution in [0.15, 0.2) is 0 Å². The Labute approximate surface area is 104 Å². The lowest BCUT2D eigenvalue weighted by Gasteiger charge is -2.13. The molecule has 0 aromatic rings. The molecule has 0 amide bonds. The summed E-state index contributed by atoms with van der Waals surface area (Å²) >= 11 is 1.96. The molecule has 0 aliphatic heterocycles. The van der Waals surface area contributed by atoms with Crippen LogP contribution in [0.25, 0.3) is 0 Å². The summed E-state index contributed by atoms with van der Waals surface area (Å²) in [4.78, 5) is 0. The molecular weight excluding hydrogens is 222 g/mol. The first-order valence-corrected chi connectivity index (χ1v) is 7.36. The molecule has 0 saturated carbocycles. The van der Waals surface area contributed by atoms with E-state index in [1.807, 2.05) is 11.8 Å². The van der Waals surface area contributed by atoms with E-state index < -0.39 is 0 Å². The predicted molar refractivity (Wildman–Crippen MR) is 72.1 cm³/mol. The van der Waals surface area contributed by atoms with Gasteiger partial charge < -0.3 is 15.2 Å². The molecule has 1 unspecified atom stereocenters. The second kappa shape index (κ2) is 11.7. The number of aliphatic hydroxyl groups excluding tert-OH is 1. The third kappa shape index (κ3) is 12.3. The number of hydrogen-bond donors (Lipinski definition) is 2. The van der Waals surface area contributed by atoms with Crippen LogP contribution in [0.3, 0.4) is 0 Å². The maximum Gasteiger partial charge on any atom is 0.0897 e. The number of ether oxygens (including phenoxy) is 1. The SMILES string of the molecule is CCSCCCNCC(O)COCC(C)C. The van der Waals surface area contributed by atoms with Crippen LogP contribution in [-0.4, -0.2) is 49.0 Å². The zero-order valence-electron chi connectivity index (χ0n) is 10.9. The molecule has 0 aliphatic carbocycles. The molecule has 4 heteroatoms. The van der Waals surface area contributed by atoms with Gasteiger partial charge in [0.05, 0.1) is 12.7 Å². The number of aliphatic hydroxyl groups is 1. The fraction of sp³-hybridized carbons (Fsp3) is 1.00. The monoisotopic (exact) mass is 249 g/mol. The Hall–Kier alpha value is 0.230. The van der Waals surface area contributed by atoms with E-state index in [0.717, 1.165) is 19.6 Å². The fourth-order valence-corrected chi connectivity index (χ4v) is 1.85. The molecule has 0 rings (SSSR count).